The number of nitrogens with zero attached hydrogens (tertiary/aromatic N) is 2. The van der Waals surface area contributed by atoms with Crippen molar-refractivity contribution in [3.05, 3.63) is 0 Å². The third-order valence-electron chi connectivity index (χ3n) is 6.51. The quantitative estimate of drug-likeness (QED) is 0.444. The zero-order chi connectivity index (χ0) is 18.6. The van der Waals surface area contributed by atoms with Crippen LogP contribution in [0.1, 0.15) is 104 Å². The Kier molecular flexibility index (Phi) is 10.7. The molecule has 2 heterocycles. The molecule has 0 N–H and O–H groups in total. The number of amides is 1. The van der Waals surface area contributed by atoms with Crippen molar-refractivity contribution in [1.82, 2.24) is 9.80 Å². The standard InChI is InChI=1S/C23H44N2O/c1-3-5-8-14-21(13-6-4-2)19-23(26)25-18-12-9-15-22(25)20-24-16-10-7-11-17-24/h21-22H,3-20H2,1-2H3. The fraction of sp³-hybridized carbons (Fsp3) is 0.957. The van der Waals surface area contributed by atoms with Crippen molar-refractivity contribution in [3.63, 3.8) is 0 Å². The molecule has 2 atom stereocenters. The summed E-state index contributed by atoms with van der Waals surface area (Å²) in [6.45, 7) is 9.16. The van der Waals surface area contributed by atoms with E-state index in [9.17, 15) is 4.79 Å². The second kappa shape index (κ2) is 12.8. The minimum atomic E-state index is 0.462. The minimum absolute atomic E-state index is 0.462. The molecule has 0 bridgehead atoms. The van der Waals surface area contributed by atoms with Gasteiger partial charge in [0.15, 0.2) is 0 Å². The molecular formula is C23H44N2O. The van der Waals surface area contributed by atoms with Crippen molar-refractivity contribution in [1.29, 1.82) is 0 Å². The highest BCUT2D eigenvalue weighted by Crippen LogP contribution is 2.25. The van der Waals surface area contributed by atoms with Crippen LogP contribution in [0.4, 0.5) is 0 Å². The molecular weight excluding hydrogens is 320 g/mol. The number of carbonyl (C=O) groups is 1. The molecule has 0 spiro atoms. The highest BCUT2D eigenvalue weighted by Gasteiger charge is 2.29. The predicted octanol–water partition coefficient (Wildman–Crippen LogP) is 5.63. The predicted molar refractivity (Wildman–Crippen MR) is 111 cm³/mol. The summed E-state index contributed by atoms with van der Waals surface area (Å²) in [6.07, 6.45) is 17.5. The monoisotopic (exact) mass is 364 g/mol. The fourth-order valence-electron chi connectivity index (χ4n) is 4.85. The van der Waals surface area contributed by atoms with E-state index in [0.717, 1.165) is 19.5 Å². The molecule has 0 aliphatic carbocycles. The van der Waals surface area contributed by atoms with Crippen LogP contribution in [-0.2, 0) is 4.79 Å². The molecule has 2 rings (SSSR count). The number of unbranched alkanes of at least 4 members (excludes halogenated alkanes) is 3. The number of hydrogen-bond acceptors (Lipinski definition) is 2. The molecule has 2 saturated heterocycles. The van der Waals surface area contributed by atoms with Crippen LogP contribution < -0.4 is 0 Å². The van der Waals surface area contributed by atoms with Gasteiger partial charge in [-0.05, 0) is 64.0 Å². The molecule has 2 fully saturated rings. The van der Waals surface area contributed by atoms with Crippen LogP contribution in [0.5, 0.6) is 0 Å². The van der Waals surface area contributed by atoms with Gasteiger partial charge in [-0.1, -0.05) is 52.4 Å². The normalized spacial score (nSPS) is 23.2. The van der Waals surface area contributed by atoms with Gasteiger partial charge in [-0.3, -0.25) is 4.79 Å². The van der Waals surface area contributed by atoms with Gasteiger partial charge in [0.1, 0.15) is 0 Å². The number of rotatable bonds is 11. The average molecular weight is 365 g/mol. The first kappa shape index (κ1) is 21.7. The summed E-state index contributed by atoms with van der Waals surface area (Å²) >= 11 is 0. The lowest BCUT2D eigenvalue weighted by Crippen LogP contribution is -2.50. The third kappa shape index (κ3) is 7.58. The van der Waals surface area contributed by atoms with Crippen LogP contribution in [0.15, 0.2) is 0 Å². The lowest BCUT2D eigenvalue weighted by molar-refractivity contribution is -0.136. The maximum absolute atomic E-state index is 13.2. The Bertz CT molecular complexity index is 378. The molecule has 2 unspecified atom stereocenters. The first-order valence-corrected chi connectivity index (χ1v) is 11.8. The van der Waals surface area contributed by atoms with Crippen molar-refractivity contribution in [2.45, 2.75) is 110 Å². The SMILES string of the molecule is CCCCCC(CCCC)CC(=O)N1CCCCC1CN1CCCCC1. The van der Waals surface area contributed by atoms with Gasteiger partial charge in [0.05, 0.1) is 0 Å². The first-order chi connectivity index (χ1) is 12.7. The summed E-state index contributed by atoms with van der Waals surface area (Å²) in [4.78, 5) is 18.1. The van der Waals surface area contributed by atoms with Crippen LogP contribution in [0.2, 0.25) is 0 Å². The van der Waals surface area contributed by atoms with Crippen LogP contribution in [0.3, 0.4) is 0 Å². The van der Waals surface area contributed by atoms with Gasteiger partial charge < -0.3 is 9.80 Å². The topological polar surface area (TPSA) is 23.6 Å². The first-order valence-electron chi connectivity index (χ1n) is 11.8. The van der Waals surface area contributed by atoms with E-state index in [1.165, 1.54) is 96.6 Å². The molecule has 26 heavy (non-hydrogen) atoms. The fourth-order valence-corrected chi connectivity index (χ4v) is 4.85. The smallest absolute Gasteiger partial charge is 0.223 e. The van der Waals surface area contributed by atoms with Crippen molar-refractivity contribution >= 4 is 5.91 Å². The third-order valence-corrected chi connectivity index (χ3v) is 6.51. The Balaban J connectivity index is 1.87. The van der Waals surface area contributed by atoms with Gasteiger partial charge in [0, 0.05) is 25.6 Å². The summed E-state index contributed by atoms with van der Waals surface area (Å²) in [5.41, 5.74) is 0. The van der Waals surface area contributed by atoms with Crippen molar-refractivity contribution in [3.8, 4) is 0 Å². The van der Waals surface area contributed by atoms with Gasteiger partial charge in [-0.2, -0.15) is 0 Å². The average Bonchev–Trinajstić information content (AvgIpc) is 2.67. The number of hydrogen-bond donors (Lipinski definition) is 0. The molecule has 0 radical (unpaired) electrons. The molecule has 152 valence electrons. The Morgan fingerprint density at radius 3 is 2.31 bits per heavy atom. The van der Waals surface area contributed by atoms with Gasteiger partial charge in [-0.15, -0.1) is 0 Å². The summed E-state index contributed by atoms with van der Waals surface area (Å²) in [5.74, 6) is 1.08. The van der Waals surface area contributed by atoms with Crippen molar-refractivity contribution < 1.29 is 4.79 Å². The van der Waals surface area contributed by atoms with Crippen molar-refractivity contribution in [2.75, 3.05) is 26.2 Å². The zero-order valence-corrected chi connectivity index (χ0v) is 17.7. The van der Waals surface area contributed by atoms with Crippen LogP contribution in [0.25, 0.3) is 0 Å². The molecule has 2 aliphatic rings. The van der Waals surface area contributed by atoms with Crippen LogP contribution >= 0.6 is 0 Å². The van der Waals surface area contributed by atoms with E-state index >= 15 is 0 Å². The number of carbonyl (C=O) groups excluding carboxylic acids is 1. The maximum Gasteiger partial charge on any atom is 0.223 e. The minimum Gasteiger partial charge on any atom is -0.338 e. The van der Waals surface area contributed by atoms with Crippen LogP contribution in [0, 0.1) is 5.92 Å². The molecule has 0 aromatic rings. The Morgan fingerprint density at radius 2 is 1.58 bits per heavy atom. The lowest BCUT2D eigenvalue weighted by atomic mass is 9.91. The van der Waals surface area contributed by atoms with E-state index in [2.05, 4.69) is 23.6 Å². The van der Waals surface area contributed by atoms with E-state index in [1.807, 2.05) is 0 Å². The molecule has 1 amide bonds. The zero-order valence-electron chi connectivity index (χ0n) is 17.7. The molecule has 0 aromatic carbocycles. The van der Waals surface area contributed by atoms with E-state index in [1.54, 1.807) is 0 Å². The highest BCUT2D eigenvalue weighted by molar-refractivity contribution is 5.77. The van der Waals surface area contributed by atoms with Gasteiger partial charge >= 0.3 is 0 Å². The Hall–Kier alpha value is -0.570. The number of piperidine rings is 2. The maximum atomic E-state index is 13.2. The summed E-state index contributed by atoms with van der Waals surface area (Å²) in [6, 6.07) is 0.483. The second-order valence-corrected chi connectivity index (χ2v) is 8.81. The Labute approximate surface area is 162 Å². The highest BCUT2D eigenvalue weighted by atomic mass is 16.2. The van der Waals surface area contributed by atoms with Gasteiger partial charge in [-0.25, -0.2) is 0 Å². The second-order valence-electron chi connectivity index (χ2n) is 8.81. The molecule has 2 aliphatic heterocycles. The van der Waals surface area contributed by atoms with E-state index < -0.39 is 0 Å². The van der Waals surface area contributed by atoms with Gasteiger partial charge in [0.25, 0.3) is 0 Å². The largest absolute Gasteiger partial charge is 0.338 e. The summed E-state index contributed by atoms with van der Waals surface area (Å²) in [5, 5.41) is 0. The number of likely N-dealkylation sites (tertiary alicyclic amines) is 2. The molecule has 3 heteroatoms. The lowest BCUT2D eigenvalue weighted by Gasteiger charge is -2.40. The van der Waals surface area contributed by atoms with E-state index in [0.29, 0.717) is 17.9 Å². The summed E-state index contributed by atoms with van der Waals surface area (Å²) in [7, 11) is 0. The van der Waals surface area contributed by atoms with E-state index in [-0.39, 0.29) is 0 Å². The molecule has 0 saturated carbocycles. The van der Waals surface area contributed by atoms with Crippen LogP contribution in [-0.4, -0.2) is 47.9 Å². The summed E-state index contributed by atoms with van der Waals surface area (Å²) < 4.78 is 0. The Morgan fingerprint density at radius 1 is 0.885 bits per heavy atom. The van der Waals surface area contributed by atoms with Crippen molar-refractivity contribution in [2.24, 2.45) is 5.92 Å². The van der Waals surface area contributed by atoms with Gasteiger partial charge in [0.2, 0.25) is 5.91 Å². The molecule has 0 aromatic heterocycles. The van der Waals surface area contributed by atoms with E-state index in [4.69, 9.17) is 0 Å². The molecule has 3 nitrogen and oxygen atoms in total.